The molecule has 1 saturated carbocycles. The van der Waals surface area contributed by atoms with E-state index in [4.69, 9.17) is 9.26 Å². The summed E-state index contributed by atoms with van der Waals surface area (Å²) < 4.78 is 11.2. The molecule has 1 aromatic carbocycles. The van der Waals surface area contributed by atoms with Crippen LogP contribution in [0, 0.1) is 5.92 Å². The van der Waals surface area contributed by atoms with Crippen LogP contribution >= 0.6 is 0 Å². The third kappa shape index (κ3) is 4.10. The molecule has 2 aliphatic rings. The quantitative estimate of drug-likeness (QED) is 0.806. The zero-order valence-electron chi connectivity index (χ0n) is 14.4. The summed E-state index contributed by atoms with van der Waals surface area (Å²) in [6, 6.07) is 12.0. The van der Waals surface area contributed by atoms with Gasteiger partial charge in [-0.1, -0.05) is 35.5 Å². The van der Waals surface area contributed by atoms with E-state index in [0.29, 0.717) is 30.7 Å². The highest BCUT2D eigenvalue weighted by atomic mass is 16.5. The van der Waals surface area contributed by atoms with Crippen molar-refractivity contribution in [1.82, 2.24) is 10.1 Å². The molecule has 2 heterocycles. The molecule has 0 N–H and O–H groups in total. The van der Waals surface area contributed by atoms with Crippen molar-refractivity contribution in [3.63, 3.8) is 0 Å². The van der Waals surface area contributed by atoms with Gasteiger partial charge in [0.25, 0.3) is 5.91 Å². The van der Waals surface area contributed by atoms with E-state index in [2.05, 4.69) is 17.3 Å². The van der Waals surface area contributed by atoms with Gasteiger partial charge in [0.1, 0.15) is 5.76 Å². The maximum Gasteiger partial charge on any atom is 0.276 e. The molecule has 1 aromatic heterocycles. The molecule has 1 atom stereocenters. The van der Waals surface area contributed by atoms with Gasteiger partial charge in [-0.2, -0.15) is 0 Å². The van der Waals surface area contributed by atoms with Crippen molar-refractivity contribution in [1.29, 1.82) is 0 Å². The van der Waals surface area contributed by atoms with E-state index in [1.54, 1.807) is 0 Å². The summed E-state index contributed by atoms with van der Waals surface area (Å²) in [4.78, 5) is 14.6. The highest BCUT2D eigenvalue weighted by Gasteiger charge is 2.31. The maximum atomic E-state index is 12.7. The summed E-state index contributed by atoms with van der Waals surface area (Å²) in [5.74, 6) is 1.72. The smallest absolute Gasteiger partial charge is 0.276 e. The molecule has 5 nitrogen and oxygen atoms in total. The molecule has 25 heavy (non-hydrogen) atoms. The van der Waals surface area contributed by atoms with Gasteiger partial charge in [0.2, 0.25) is 0 Å². The highest BCUT2D eigenvalue weighted by molar-refractivity contribution is 5.92. The third-order valence-corrected chi connectivity index (χ3v) is 5.00. The Balaban J connectivity index is 1.28. The van der Waals surface area contributed by atoms with Gasteiger partial charge in [0.05, 0.1) is 13.2 Å². The van der Waals surface area contributed by atoms with Crippen molar-refractivity contribution in [3.8, 4) is 0 Å². The Morgan fingerprint density at radius 1 is 1.24 bits per heavy atom. The van der Waals surface area contributed by atoms with Gasteiger partial charge in [-0.05, 0) is 37.2 Å². The molecule has 1 aliphatic heterocycles. The Labute approximate surface area is 147 Å². The second kappa shape index (κ2) is 7.40. The normalized spacial score (nSPS) is 20.6. The molecule has 1 amide bonds. The van der Waals surface area contributed by atoms with E-state index in [0.717, 1.165) is 44.5 Å². The number of ether oxygens (including phenoxy) is 1. The molecule has 132 valence electrons. The fourth-order valence-electron chi connectivity index (χ4n) is 3.42. The van der Waals surface area contributed by atoms with Crippen LogP contribution < -0.4 is 0 Å². The summed E-state index contributed by atoms with van der Waals surface area (Å²) in [6.07, 6.45) is 4.41. The number of carbonyl (C=O) groups excluding carboxylic acids is 1. The highest BCUT2D eigenvalue weighted by Crippen LogP contribution is 2.40. The first-order valence-electron chi connectivity index (χ1n) is 9.17. The van der Waals surface area contributed by atoms with E-state index in [1.165, 1.54) is 5.56 Å². The summed E-state index contributed by atoms with van der Waals surface area (Å²) in [6.45, 7) is 2.84. The van der Waals surface area contributed by atoms with Crippen LogP contribution in [0.25, 0.3) is 0 Å². The fourth-order valence-corrected chi connectivity index (χ4v) is 3.42. The lowest BCUT2D eigenvalue weighted by atomic mass is 9.98. The molecule has 1 aliphatic carbocycles. The van der Waals surface area contributed by atoms with Crippen LogP contribution in [-0.4, -0.2) is 35.7 Å². The summed E-state index contributed by atoms with van der Waals surface area (Å²) in [7, 11) is 0. The number of nitrogens with zero attached hydrogens (tertiary/aromatic N) is 2. The minimum absolute atomic E-state index is 0.0107. The Hall–Kier alpha value is -2.14. The molecule has 2 aromatic rings. The summed E-state index contributed by atoms with van der Waals surface area (Å²) in [5, 5.41) is 3.98. The standard InChI is InChI=1S/C20H24N2O3/c23-20(18-11-19(25-21-18)17-8-9-17)22-10-4-7-16(12-22)14-24-13-15-5-2-1-3-6-15/h1-3,5-6,11,16-17H,4,7-10,12-14H2. The number of piperidine rings is 1. The van der Waals surface area contributed by atoms with Crippen LogP contribution in [0.15, 0.2) is 40.9 Å². The average molecular weight is 340 g/mol. The minimum atomic E-state index is -0.0107. The van der Waals surface area contributed by atoms with Crippen molar-refractivity contribution in [2.45, 2.75) is 38.2 Å². The predicted molar refractivity (Wildman–Crippen MR) is 93.2 cm³/mol. The first kappa shape index (κ1) is 16.3. The average Bonchev–Trinajstić information content (AvgIpc) is 3.39. The minimum Gasteiger partial charge on any atom is -0.376 e. The topological polar surface area (TPSA) is 55.6 Å². The van der Waals surface area contributed by atoms with E-state index >= 15 is 0 Å². The van der Waals surface area contributed by atoms with Crippen molar-refractivity contribution >= 4 is 5.91 Å². The number of rotatable bonds is 6. The molecule has 1 saturated heterocycles. The van der Waals surface area contributed by atoms with E-state index in [9.17, 15) is 4.79 Å². The number of hydrogen-bond donors (Lipinski definition) is 0. The van der Waals surface area contributed by atoms with Gasteiger partial charge in [0.15, 0.2) is 5.69 Å². The third-order valence-electron chi connectivity index (χ3n) is 5.00. The van der Waals surface area contributed by atoms with E-state index in [-0.39, 0.29) is 5.91 Å². The van der Waals surface area contributed by atoms with Gasteiger partial charge in [-0.3, -0.25) is 4.79 Å². The van der Waals surface area contributed by atoms with Gasteiger partial charge in [-0.15, -0.1) is 0 Å². The van der Waals surface area contributed by atoms with Crippen LogP contribution in [-0.2, 0) is 11.3 Å². The van der Waals surface area contributed by atoms with Crippen molar-refractivity contribution < 1.29 is 14.1 Å². The lowest BCUT2D eigenvalue weighted by Crippen LogP contribution is -2.41. The fraction of sp³-hybridized carbons (Fsp3) is 0.500. The number of amides is 1. The summed E-state index contributed by atoms with van der Waals surface area (Å²) >= 11 is 0. The van der Waals surface area contributed by atoms with Crippen LogP contribution in [0.4, 0.5) is 0 Å². The second-order valence-corrected chi connectivity index (χ2v) is 7.15. The van der Waals surface area contributed by atoms with Crippen LogP contribution in [0.5, 0.6) is 0 Å². The Morgan fingerprint density at radius 2 is 2.08 bits per heavy atom. The molecule has 5 heteroatoms. The molecular formula is C20H24N2O3. The SMILES string of the molecule is O=C(c1cc(C2CC2)on1)N1CCCC(COCc2ccccc2)C1. The second-order valence-electron chi connectivity index (χ2n) is 7.15. The van der Waals surface area contributed by atoms with Crippen molar-refractivity contribution in [2.24, 2.45) is 5.92 Å². The first-order chi connectivity index (χ1) is 12.3. The maximum absolute atomic E-state index is 12.7. The number of aromatic nitrogens is 1. The van der Waals surface area contributed by atoms with E-state index < -0.39 is 0 Å². The predicted octanol–water partition coefficient (Wildman–Crippen LogP) is 3.62. The largest absolute Gasteiger partial charge is 0.376 e. The summed E-state index contributed by atoms with van der Waals surface area (Å²) in [5.41, 5.74) is 1.63. The molecule has 2 fully saturated rings. The van der Waals surface area contributed by atoms with Gasteiger partial charge in [0, 0.05) is 25.1 Å². The molecule has 0 spiro atoms. The Bertz CT molecular complexity index is 709. The Kier molecular flexibility index (Phi) is 4.83. The molecular weight excluding hydrogens is 316 g/mol. The van der Waals surface area contributed by atoms with Crippen LogP contribution in [0.2, 0.25) is 0 Å². The van der Waals surface area contributed by atoms with Crippen molar-refractivity contribution in [3.05, 3.63) is 53.4 Å². The number of hydrogen-bond acceptors (Lipinski definition) is 4. The lowest BCUT2D eigenvalue weighted by molar-refractivity contribution is 0.0420. The first-order valence-corrected chi connectivity index (χ1v) is 9.17. The Morgan fingerprint density at radius 3 is 2.88 bits per heavy atom. The van der Waals surface area contributed by atoms with Crippen molar-refractivity contribution in [2.75, 3.05) is 19.7 Å². The lowest BCUT2D eigenvalue weighted by Gasteiger charge is -2.32. The molecule has 1 unspecified atom stereocenters. The molecule has 0 bridgehead atoms. The van der Waals surface area contributed by atoms with Crippen LogP contribution in [0.1, 0.15) is 53.4 Å². The van der Waals surface area contributed by atoms with Gasteiger partial charge >= 0.3 is 0 Å². The van der Waals surface area contributed by atoms with Gasteiger partial charge in [-0.25, -0.2) is 0 Å². The molecule has 4 rings (SSSR count). The number of likely N-dealkylation sites (tertiary alicyclic amines) is 1. The zero-order chi connectivity index (χ0) is 17.1. The monoisotopic (exact) mass is 340 g/mol. The zero-order valence-corrected chi connectivity index (χ0v) is 14.4. The number of benzene rings is 1. The van der Waals surface area contributed by atoms with Gasteiger partial charge < -0.3 is 14.2 Å². The van der Waals surface area contributed by atoms with E-state index in [1.807, 2.05) is 29.2 Å². The number of carbonyl (C=O) groups is 1. The molecule has 0 radical (unpaired) electrons. The van der Waals surface area contributed by atoms with Crippen LogP contribution in [0.3, 0.4) is 0 Å².